The minimum absolute atomic E-state index is 0.262. The third kappa shape index (κ3) is 2.30. The summed E-state index contributed by atoms with van der Waals surface area (Å²) < 4.78 is 0. The lowest BCUT2D eigenvalue weighted by Gasteiger charge is -2.02. The van der Waals surface area contributed by atoms with E-state index in [1.165, 1.54) is 0 Å². The molecule has 2 N–H and O–H groups in total. The zero-order chi connectivity index (χ0) is 13.2. The average Bonchev–Trinajstić information content (AvgIpc) is 2.82. The normalized spacial score (nSPS) is 10.6. The molecule has 0 radical (unpaired) electrons. The maximum atomic E-state index is 12.1. The first-order valence-corrected chi connectivity index (χ1v) is 5.91. The second kappa shape index (κ2) is 4.53. The Morgan fingerprint density at radius 3 is 2.89 bits per heavy atom. The average molecular weight is 252 g/mol. The first-order chi connectivity index (χ1) is 9.22. The Morgan fingerprint density at radius 2 is 2.11 bits per heavy atom. The molecule has 1 amide bonds. The number of aromatic amines is 1. The predicted octanol–water partition coefficient (Wildman–Crippen LogP) is 2.52. The van der Waals surface area contributed by atoms with E-state index in [1.807, 2.05) is 31.2 Å². The molecular formula is C14H12N4O. The number of amides is 1. The van der Waals surface area contributed by atoms with Gasteiger partial charge in [-0.05, 0) is 31.2 Å². The monoisotopic (exact) mass is 252 g/mol. The number of H-pyrrole nitrogens is 1. The fourth-order valence-corrected chi connectivity index (χ4v) is 1.87. The second-order valence-electron chi connectivity index (χ2n) is 4.24. The minimum atomic E-state index is -0.262. The summed E-state index contributed by atoms with van der Waals surface area (Å²) >= 11 is 0. The van der Waals surface area contributed by atoms with Gasteiger partial charge in [0.25, 0.3) is 5.91 Å². The molecule has 0 aliphatic rings. The number of para-hydroxylation sites is 2. The number of hydrogen-bond donors (Lipinski definition) is 2. The molecule has 3 rings (SSSR count). The van der Waals surface area contributed by atoms with E-state index in [0.29, 0.717) is 11.5 Å². The second-order valence-corrected chi connectivity index (χ2v) is 4.24. The summed E-state index contributed by atoms with van der Waals surface area (Å²) in [7, 11) is 0. The Hall–Kier alpha value is -2.69. The number of aryl methyl sites for hydroxylation is 1. The topological polar surface area (TPSA) is 70.7 Å². The van der Waals surface area contributed by atoms with Gasteiger partial charge in [-0.15, -0.1) is 0 Å². The van der Waals surface area contributed by atoms with E-state index >= 15 is 0 Å². The molecule has 2 heterocycles. The van der Waals surface area contributed by atoms with Crippen molar-refractivity contribution in [3.63, 3.8) is 0 Å². The maximum Gasteiger partial charge on any atom is 0.291 e. The van der Waals surface area contributed by atoms with E-state index in [9.17, 15) is 4.79 Å². The largest absolute Gasteiger partial charge is 0.334 e. The van der Waals surface area contributed by atoms with Gasteiger partial charge < -0.3 is 10.3 Å². The fraction of sp³-hybridized carbons (Fsp3) is 0.0714. The Kier molecular flexibility index (Phi) is 2.72. The van der Waals surface area contributed by atoms with Gasteiger partial charge in [-0.1, -0.05) is 12.1 Å². The van der Waals surface area contributed by atoms with Gasteiger partial charge in [-0.3, -0.25) is 9.78 Å². The molecular weight excluding hydrogens is 240 g/mol. The molecule has 5 nitrogen and oxygen atoms in total. The molecule has 0 aliphatic carbocycles. The van der Waals surface area contributed by atoms with Crippen molar-refractivity contribution in [3.05, 3.63) is 54.1 Å². The summed E-state index contributed by atoms with van der Waals surface area (Å²) in [6.45, 7) is 1.87. The molecule has 5 heteroatoms. The first kappa shape index (κ1) is 11.4. The molecule has 0 saturated heterocycles. The van der Waals surface area contributed by atoms with Crippen LogP contribution in [-0.2, 0) is 0 Å². The molecule has 0 fully saturated rings. The van der Waals surface area contributed by atoms with Crippen LogP contribution in [0.15, 0.2) is 42.6 Å². The quantitative estimate of drug-likeness (QED) is 0.736. The molecule has 0 saturated carbocycles. The SMILES string of the molecule is Cc1cc(NC(=O)c2nc3ccccc3[nH]2)ccn1. The molecule has 19 heavy (non-hydrogen) atoms. The van der Waals surface area contributed by atoms with Gasteiger partial charge in [0.15, 0.2) is 5.82 Å². The zero-order valence-corrected chi connectivity index (χ0v) is 10.3. The van der Waals surface area contributed by atoms with Gasteiger partial charge in [-0.25, -0.2) is 4.98 Å². The summed E-state index contributed by atoms with van der Waals surface area (Å²) in [4.78, 5) is 23.4. The molecule has 0 atom stereocenters. The number of nitrogens with zero attached hydrogens (tertiary/aromatic N) is 2. The minimum Gasteiger partial charge on any atom is -0.334 e. The number of carbonyl (C=O) groups is 1. The number of fused-ring (bicyclic) bond motifs is 1. The van der Waals surface area contributed by atoms with Crippen LogP contribution in [0.5, 0.6) is 0 Å². The highest BCUT2D eigenvalue weighted by atomic mass is 16.2. The van der Waals surface area contributed by atoms with Gasteiger partial charge in [-0.2, -0.15) is 0 Å². The third-order valence-corrected chi connectivity index (χ3v) is 2.76. The van der Waals surface area contributed by atoms with Gasteiger partial charge in [0.05, 0.1) is 11.0 Å². The number of pyridine rings is 1. The summed E-state index contributed by atoms with van der Waals surface area (Å²) in [5.74, 6) is 0.0393. The number of hydrogen-bond acceptors (Lipinski definition) is 3. The van der Waals surface area contributed by atoms with Gasteiger partial charge in [0.2, 0.25) is 0 Å². The summed E-state index contributed by atoms with van der Waals surface area (Å²) in [6.07, 6.45) is 1.66. The van der Waals surface area contributed by atoms with Crippen molar-refractivity contribution in [1.29, 1.82) is 0 Å². The van der Waals surface area contributed by atoms with Crippen LogP contribution in [0.1, 0.15) is 16.3 Å². The van der Waals surface area contributed by atoms with Gasteiger partial charge >= 0.3 is 0 Å². The smallest absolute Gasteiger partial charge is 0.291 e. The predicted molar refractivity (Wildman–Crippen MR) is 73.0 cm³/mol. The molecule has 0 aliphatic heterocycles. The van der Waals surface area contributed by atoms with Crippen LogP contribution in [0.25, 0.3) is 11.0 Å². The van der Waals surface area contributed by atoms with Crippen molar-refractivity contribution in [1.82, 2.24) is 15.0 Å². The lowest BCUT2D eigenvalue weighted by atomic mass is 10.3. The Morgan fingerprint density at radius 1 is 1.26 bits per heavy atom. The van der Waals surface area contributed by atoms with Crippen molar-refractivity contribution in [2.24, 2.45) is 0 Å². The molecule has 0 spiro atoms. The van der Waals surface area contributed by atoms with E-state index in [2.05, 4.69) is 20.3 Å². The maximum absolute atomic E-state index is 12.1. The first-order valence-electron chi connectivity index (χ1n) is 5.91. The number of nitrogens with one attached hydrogen (secondary N) is 2. The lowest BCUT2D eigenvalue weighted by Crippen LogP contribution is -2.13. The highest BCUT2D eigenvalue weighted by molar-refractivity contribution is 6.03. The van der Waals surface area contributed by atoms with Crippen molar-refractivity contribution >= 4 is 22.6 Å². The van der Waals surface area contributed by atoms with Gasteiger partial charge in [0, 0.05) is 17.6 Å². The van der Waals surface area contributed by atoms with Gasteiger partial charge in [0.1, 0.15) is 0 Å². The summed E-state index contributed by atoms with van der Waals surface area (Å²) in [6, 6.07) is 11.1. The summed E-state index contributed by atoms with van der Waals surface area (Å²) in [5.41, 5.74) is 3.18. The standard InChI is InChI=1S/C14H12N4O/c1-9-8-10(6-7-15-9)16-14(19)13-17-11-4-2-3-5-12(11)18-13/h2-8H,1H3,(H,17,18)(H,15,16,19). The van der Waals surface area contributed by atoms with E-state index < -0.39 is 0 Å². The Labute approximate surface area is 109 Å². The third-order valence-electron chi connectivity index (χ3n) is 2.76. The lowest BCUT2D eigenvalue weighted by molar-refractivity contribution is 0.101. The number of imidazole rings is 1. The van der Waals surface area contributed by atoms with Crippen LogP contribution in [0, 0.1) is 6.92 Å². The van der Waals surface area contributed by atoms with E-state index in [0.717, 1.165) is 16.7 Å². The van der Waals surface area contributed by atoms with E-state index in [1.54, 1.807) is 18.3 Å². The van der Waals surface area contributed by atoms with Crippen molar-refractivity contribution in [2.75, 3.05) is 5.32 Å². The molecule has 94 valence electrons. The van der Waals surface area contributed by atoms with Crippen LogP contribution in [0.3, 0.4) is 0 Å². The molecule has 0 bridgehead atoms. The molecule has 3 aromatic rings. The molecule has 1 aromatic carbocycles. The summed E-state index contributed by atoms with van der Waals surface area (Å²) in [5, 5.41) is 2.79. The van der Waals surface area contributed by atoms with E-state index in [-0.39, 0.29) is 5.91 Å². The number of benzene rings is 1. The Balaban J connectivity index is 1.87. The number of aromatic nitrogens is 3. The van der Waals surface area contributed by atoms with E-state index in [4.69, 9.17) is 0 Å². The number of carbonyl (C=O) groups excluding carboxylic acids is 1. The van der Waals surface area contributed by atoms with Crippen LogP contribution in [0.2, 0.25) is 0 Å². The highest BCUT2D eigenvalue weighted by Crippen LogP contribution is 2.12. The number of rotatable bonds is 2. The van der Waals surface area contributed by atoms with Crippen LogP contribution >= 0.6 is 0 Å². The van der Waals surface area contributed by atoms with Crippen LogP contribution in [0.4, 0.5) is 5.69 Å². The Bertz CT molecular complexity index is 715. The van der Waals surface area contributed by atoms with Crippen molar-refractivity contribution in [2.45, 2.75) is 6.92 Å². The molecule has 2 aromatic heterocycles. The van der Waals surface area contributed by atoms with Crippen LogP contribution < -0.4 is 5.32 Å². The van der Waals surface area contributed by atoms with Crippen molar-refractivity contribution in [3.8, 4) is 0 Å². The fourth-order valence-electron chi connectivity index (χ4n) is 1.87. The van der Waals surface area contributed by atoms with Crippen LogP contribution in [-0.4, -0.2) is 20.9 Å². The van der Waals surface area contributed by atoms with Crippen molar-refractivity contribution < 1.29 is 4.79 Å². The zero-order valence-electron chi connectivity index (χ0n) is 10.3. The number of anilines is 1. The molecule has 0 unspecified atom stereocenters. The highest BCUT2D eigenvalue weighted by Gasteiger charge is 2.11.